The molecule has 9 heteroatoms. The van der Waals surface area contributed by atoms with Crippen molar-refractivity contribution in [2.24, 2.45) is 0 Å². The highest BCUT2D eigenvalue weighted by molar-refractivity contribution is 6.04. The van der Waals surface area contributed by atoms with E-state index in [0.717, 1.165) is 22.9 Å². The van der Waals surface area contributed by atoms with Gasteiger partial charge in [-0.05, 0) is 25.0 Å². The Morgan fingerprint density at radius 1 is 1.35 bits per heavy atom. The molecule has 0 saturated heterocycles. The number of benzene rings is 1. The van der Waals surface area contributed by atoms with Crippen LogP contribution in [0.1, 0.15) is 35.1 Å². The summed E-state index contributed by atoms with van der Waals surface area (Å²) >= 11 is 0. The minimum atomic E-state index is -0.541. The third-order valence-corrected chi connectivity index (χ3v) is 4.09. The maximum absolute atomic E-state index is 12.7. The Hall–Kier alpha value is -3.36. The number of rotatable bonds is 4. The van der Waals surface area contributed by atoms with Crippen molar-refractivity contribution < 1.29 is 14.3 Å². The second-order valence-corrected chi connectivity index (χ2v) is 5.99. The molecule has 0 bridgehead atoms. The second kappa shape index (κ2) is 6.17. The van der Waals surface area contributed by atoms with E-state index in [1.807, 2.05) is 13.0 Å². The Morgan fingerprint density at radius 2 is 2.12 bits per heavy atom. The number of nitrogens with zero attached hydrogens (tertiary/aromatic N) is 3. The molecule has 2 N–H and O–H groups in total. The number of aromatic amines is 1. The molecule has 3 heterocycles. The Bertz CT molecular complexity index is 1070. The van der Waals surface area contributed by atoms with Crippen molar-refractivity contribution in [3.05, 3.63) is 45.6 Å². The van der Waals surface area contributed by atoms with Gasteiger partial charge in [-0.15, -0.1) is 0 Å². The van der Waals surface area contributed by atoms with Crippen LogP contribution in [-0.4, -0.2) is 32.3 Å². The summed E-state index contributed by atoms with van der Waals surface area (Å²) in [6.07, 6.45) is 2.88. The summed E-state index contributed by atoms with van der Waals surface area (Å²) in [5.41, 5.74) is 0.917. The van der Waals surface area contributed by atoms with Crippen molar-refractivity contribution in [3.63, 3.8) is 0 Å². The zero-order valence-electron chi connectivity index (χ0n) is 14.3. The number of hydrogen-bond donors (Lipinski definition) is 2. The lowest BCUT2D eigenvalue weighted by molar-refractivity contribution is 0.102. The van der Waals surface area contributed by atoms with Crippen molar-refractivity contribution in [2.75, 3.05) is 12.1 Å². The molecule has 0 spiro atoms. The number of aromatic nitrogens is 4. The average molecular weight is 355 g/mol. The first kappa shape index (κ1) is 16.1. The largest absolute Gasteiger partial charge is 0.454 e. The van der Waals surface area contributed by atoms with Gasteiger partial charge in [0.1, 0.15) is 11.4 Å². The fourth-order valence-electron chi connectivity index (χ4n) is 2.88. The lowest BCUT2D eigenvalue weighted by Gasteiger charge is -2.11. The van der Waals surface area contributed by atoms with Gasteiger partial charge in [0, 0.05) is 18.0 Å². The molecule has 9 nitrogen and oxygen atoms in total. The van der Waals surface area contributed by atoms with Crippen LogP contribution < -0.4 is 20.3 Å². The lowest BCUT2D eigenvalue weighted by Crippen LogP contribution is -2.27. The molecular formula is C17H17N5O4. The number of nitrogens with one attached hydrogen (secondary N) is 2. The van der Waals surface area contributed by atoms with Crippen LogP contribution in [-0.2, 0) is 6.42 Å². The first-order valence-corrected chi connectivity index (χ1v) is 8.25. The zero-order chi connectivity index (χ0) is 18.3. The van der Waals surface area contributed by atoms with Crippen molar-refractivity contribution in [2.45, 2.75) is 26.7 Å². The number of amides is 1. The smallest absolute Gasteiger partial charge is 0.286 e. The molecule has 1 aromatic carbocycles. The van der Waals surface area contributed by atoms with E-state index >= 15 is 0 Å². The Kier molecular flexibility index (Phi) is 3.83. The number of anilines is 1. The molecule has 26 heavy (non-hydrogen) atoms. The van der Waals surface area contributed by atoms with Crippen molar-refractivity contribution in [1.29, 1.82) is 0 Å². The maximum atomic E-state index is 12.7. The molecule has 1 aliphatic heterocycles. The molecule has 0 saturated carbocycles. The van der Waals surface area contributed by atoms with E-state index in [0.29, 0.717) is 23.0 Å². The molecule has 3 aromatic rings. The molecule has 134 valence electrons. The number of carbonyl (C=O) groups excluding carboxylic acids is 1. The summed E-state index contributed by atoms with van der Waals surface area (Å²) in [7, 11) is 0. The Morgan fingerprint density at radius 3 is 2.88 bits per heavy atom. The minimum Gasteiger partial charge on any atom is -0.454 e. The summed E-state index contributed by atoms with van der Waals surface area (Å²) in [6.45, 7) is 3.90. The highest BCUT2D eigenvalue weighted by Gasteiger charge is 2.20. The number of carbonyl (C=O) groups is 1. The van der Waals surface area contributed by atoms with E-state index in [1.54, 1.807) is 13.0 Å². The molecule has 1 aliphatic rings. The van der Waals surface area contributed by atoms with Gasteiger partial charge in [-0.1, -0.05) is 13.3 Å². The standard InChI is InChI=1S/C17H17N5O4/c1-3-4-10-5-13-14(26-8-25-13)6-12(10)20-15(23)11-7-18-17-19-9(2)21-22(17)16(11)24/h5-7H,3-4,8H2,1-2H3,(H,20,23)(H,18,19,21). The summed E-state index contributed by atoms with van der Waals surface area (Å²) in [5.74, 6) is 1.43. The van der Waals surface area contributed by atoms with E-state index < -0.39 is 11.5 Å². The molecule has 0 aliphatic carbocycles. The van der Waals surface area contributed by atoms with Gasteiger partial charge in [-0.3, -0.25) is 14.7 Å². The normalized spacial score (nSPS) is 12.5. The summed E-state index contributed by atoms with van der Waals surface area (Å²) in [6, 6.07) is 3.57. The van der Waals surface area contributed by atoms with Gasteiger partial charge < -0.3 is 14.8 Å². The second-order valence-electron chi connectivity index (χ2n) is 5.99. The van der Waals surface area contributed by atoms with Crippen LogP contribution in [0.3, 0.4) is 0 Å². The molecule has 0 unspecified atom stereocenters. The molecule has 4 rings (SSSR count). The SMILES string of the molecule is CCCc1cc2c(cc1NC(=O)c1cnc3nc(C)[nH]n3c1=O)OCO2. The fraction of sp³-hybridized carbons (Fsp3) is 0.294. The van der Waals surface area contributed by atoms with Crippen molar-refractivity contribution >= 4 is 17.4 Å². The van der Waals surface area contributed by atoms with Crippen LogP contribution in [0.15, 0.2) is 23.1 Å². The van der Waals surface area contributed by atoms with Crippen LogP contribution in [0.25, 0.3) is 5.78 Å². The number of ether oxygens (including phenoxy) is 2. The first-order chi connectivity index (χ1) is 12.6. The van der Waals surface area contributed by atoms with Crippen LogP contribution in [0, 0.1) is 6.92 Å². The predicted molar refractivity (Wildman–Crippen MR) is 92.9 cm³/mol. The van der Waals surface area contributed by atoms with Gasteiger partial charge >= 0.3 is 0 Å². The monoisotopic (exact) mass is 355 g/mol. The number of fused-ring (bicyclic) bond motifs is 2. The molecular weight excluding hydrogens is 338 g/mol. The zero-order valence-corrected chi connectivity index (χ0v) is 14.3. The predicted octanol–water partition coefficient (Wildman–Crippen LogP) is 1.66. The minimum absolute atomic E-state index is 0.0775. The quantitative estimate of drug-likeness (QED) is 0.736. The van der Waals surface area contributed by atoms with Gasteiger partial charge in [-0.25, -0.2) is 4.98 Å². The van der Waals surface area contributed by atoms with Crippen LogP contribution in [0.4, 0.5) is 5.69 Å². The van der Waals surface area contributed by atoms with Crippen molar-refractivity contribution in [3.8, 4) is 11.5 Å². The first-order valence-electron chi connectivity index (χ1n) is 8.25. The van der Waals surface area contributed by atoms with E-state index in [2.05, 4.69) is 20.4 Å². The maximum Gasteiger partial charge on any atom is 0.286 e. The number of aryl methyl sites for hydroxylation is 2. The molecule has 0 fully saturated rings. The average Bonchev–Trinajstić information content (AvgIpc) is 3.21. The summed E-state index contributed by atoms with van der Waals surface area (Å²) < 4.78 is 11.9. The fourth-order valence-corrected chi connectivity index (χ4v) is 2.88. The van der Waals surface area contributed by atoms with E-state index in [-0.39, 0.29) is 18.1 Å². The summed E-state index contributed by atoms with van der Waals surface area (Å²) in [5, 5.41) is 5.56. The third kappa shape index (κ3) is 2.67. The van der Waals surface area contributed by atoms with E-state index in [1.165, 1.54) is 6.20 Å². The highest BCUT2D eigenvalue weighted by atomic mass is 16.7. The topological polar surface area (TPSA) is 111 Å². The lowest BCUT2D eigenvalue weighted by atomic mass is 10.1. The molecule has 0 radical (unpaired) electrons. The van der Waals surface area contributed by atoms with E-state index in [9.17, 15) is 9.59 Å². The van der Waals surface area contributed by atoms with E-state index in [4.69, 9.17) is 9.47 Å². The number of hydrogen-bond acceptors (Lipinski definition) is 6. The molecule has 0 atom stereocenters. The van der Waals surface area contributed by atoms with Gasteiger partial charge in [0.15, 0.2) is 11.5 Å². The molecule has 2 aromatic heterocycles. The molecule has 1 amide bonds. The summed E-state index contributed by atoms with van der Waals surface area (Å²) in [4.78, 5) is 33.3. The van der Waals surface area contributed by atoms with Gasteiger partial charge in [-0.2, -0.15) is 9.50 Å². The van der Waals surface area contributed by atoms with Gasteiger partial charge in [0.25, 0.3) is 17.2 Å². The highest BCUT2D eigenvalue weighted by Crippen LogP contribution is 2.37. The Balaban J connectivity index is 1.70. The van der Waals surface area contributed by atoms with Gasteiger partial charge in [0.2, 0.25) is 6.79 Å². The van der Waals surface area contributed by atoms with Crippen LogP contribution in [0.2, 0.25) is 0 Å². The van der Waals surface area contributed by atoms with Crippen LogP contribution >= 0.6 is 0 Å². The van der Waals surface area contributed by atoms with Crippen LogP contribution in [0.5, 0.6) is 11.5 Å². The van der Waals surface area contributed by atoms with Crippen molar-refractivity contribution in [1.82, 2.24) is 19.6 Å². The van der Waals surface area contributed by atoms with Gasteiger partial charge in [0.05, 0.1) is 0 Å². The number of H-pyrrole nitrogens is 1. The Labute approximate surface area is 148 Å². The third-order valence-electron chi connectivity index (χ3n) is 4.09.